The van der Waals surface area contributed by atoms with Crippen molar-refractivity contribution in [1.29, 1.82) is 5.26 Å². The summed E-state index contributed by atoms with van der Waals surface area (Å²) >= 11 is 2.83. The van der Waals surface area contributed by atoms with E-state index >= 15 is 0 Å². The molecular weight excluding hydrogens is 376 g/mol. The highest BCUT2D eigenvalue weighted by molar-refractivity contribution is 8.00. The van der Waals surface area contributed by atoms with E-state index < -0.39 is 0 Å². The van der Waals surface area contributed by atoms with Gasteiger partial charge in [-0.3, -0.25) is 4.79 Å². The molecule has 1 aliphatic rings. The molecule has 7 heteroatoms. The molecule has 2 heterocycles. The number of nitrogens with one attached hydrogen (secondary N) is 1. The molecule has 0 fully saturated rings. The van der Waals surface area contributed by atoms with Gasteiger partial charge in [0.2, 0.25) is 5.91 Å². The van der Waals surface area contributed by atoms with E-state index in [1.54, 1.807) is 0 Å². The number of aromatic nitrogens is 2. The van der Waals surface area contributed by atoms with Crippen molar-refractivity contribution in [3.05, 3.63) is 47.2 Å². The molecule has 5 nitrogen and oxygen atoms in total. The van der Waals surface area contributed by atoms with Crippen LogP contribution in [0.1, 0.15) is 36.6 Å². The second-order valence-electron chi connectivity index (χ2n) is 6.40. The molecule has 1 N–H and O–H groups in total. The van der Waals surface area contributed by atoms with Gasteiger partial charge in [-0.2, -0.15) is 5.26 Å². The first-order chi connectivity index (χ1) is 13.2. The number of hydrogen-bond donors (Lipinski definition) is 1. The average molecular weight is 395 g/mol. The van der Waals surface area contributed by atoms with Crippen molar-refractivity contribution in [3.8, 4) is 6.07 Å². The molecular formula is C20H18N4OS2. The monoisotopic (exact) mass is 394 g/mol. The Kier molecular flexibility index (Phi) is 5.10. The standard InChI is InChI=1S/C20H18N4OS2/c1-2-16(18(25)24-20-23-15-7-3-4-9-17(15)27-20)26-19-13(11-21)10-12-6-5-8-14(12)22-19/h3-4,7,9-10,16H,2,5-6,8H2,1H3,(H,23,24,25). The van der Waals surface area contributed by atoms with Crippen molar-refractivity contribution in [2.45, 2.75) is 42.9 Å². The number of thiazole rings is 1. The van der Waals surface area contributed by atoms with E-state index in [0.717, 1.165) is 35.2 Å². The van der Waals surface area contributed by atoms with Gasteiger partial charge in [0.15, 0.2) is 5.13 Å². The Bertz CT molecular complexity index is 1020. The number of pyridine rings is 1. The van der Waals surface area contributed by atoms with Crippen molar-refractivity contribution in [2.75, 3.05) is 5.32 Å². The highest BCUT2D eigenvalue weighted by Gasteiger charge is 2.24. The Morgan fingerprint density at radius 2 is 2.22 bits per heavy atom. The van der Waals surface area contributed by atoms with Gasteiger partial charge < -0.3 is 5.32 Å². The Balaban J connectivity index is 1.53. The van der Waals surface area contributed by atoms with E-state index in [4.69, 9.17) is 0 Å². The first kappa shape index (κ1) is 18.0. The molecule has 0 saturated heterocycles. The molecule has 0 aliphatic heterocycles. The van der Waals surface area contributed by atoms with Crippen LogP contribution >= 0.6 is 23.1 Å². The van der Waals surface area contributed by atoms with Gasteiger partial charge in [-0.15, -0.1) is 0 Å². The quantitative estimate of drug-likeness (QED) is 0.642. The molecule has 1 atom stereocenters. The Hall–Kier alpha value is -2.43. The molecule has 0 saturated carbocycles. The summed E-state index contributed by atoms with van der Waals surface area (Å²) in [6, 6.07) is 12.0. The van der Waals surface area contributed by atoms with Crippen LogP contribution in [0.5, 0.6) is 0 Å². The summed E-state index contributed by atoms with van der Waals surface area (Å²) in [6.45, 7) is 1.97. The molecule has 0 spiro atoms. The van der Waals surface area contributed by atoms with Crippen molar-refractivity contribution in [1.82, 2.24) is 9.97 Å². The van der Waals surface area contributed by atoms with Gasteiger partial charge in [0, 0.05) is 5.69 Å². The molecule has 1 aromatic carbocycles. The van der Waals surface area contributed by atoms with Crippen molar-refractivity contribution in [2.24, 2.45) is 0 Å². The number of thioether (sulfide) groups is 1. The van der Waals surface area contributed by atoms with Crippen LogP contribution in [0, 0.1) is 11.3 Å². The zero-order chi connectivity index (χ0) is 18.8. The first-order valence-corrected chi connectivity index (χ1v) is 10.6. The maximum atomic E-state index is 12.8. The molecule has 1 amide bonds. The largest absolute Gasteiger partial charge is 0.301 e. The number of carbonyl (C=O) groups is 1. The van der Waals surface area contributed by atoms with Crippen LogP contribution in [0.3, 0.4) is 0 Å². The topological polar surface area (TPSA) is 78.7 Å². The van der Waals surface area contributed by atoms with Gasteiger partial charge >= 0.3 is 0 Å². The third kappa shape index (κ3) is 3.68. The molecule has 2 aromatic heterocycles. The summed E-state index contributed by atoms with van der Waals surface area (Å²) in [4.78, 5) is 21.9. The third-order valence-corrected chi connectivity index (χ3v) is 6.90. The molecule has 27 heavy (non-hydrogen) atoms. The second kappa shape index (κ2) is 7.67. The molecule has 1 unspecified atom stereocenters. The smallest absolute Gasteiger partial charge is 0.239 e. The summed E-state index contributed by atoms with van der Waals surface area (Å²) < 4.78 is 1.04. The summed E-state index contributed by atoms with van der Waals surface area (Å²) in [5, 5.41) is 13.3. The highest BCUT2D eigenvalue weighted by atomic mass is 32.2. The number of rotatable bonds is 5. The Labute approximate surface area is 165 Å². The number of carbonyl (C=O) groups excluding carboxylic acids is 1. The lowest BCUT2D eigenvalue weighted by atomic mass is 10.2. The maximum absolute atomic E-state index is 12.8. The van der Waals surface area contributed by atoms with Gasteiger partial charge in [0.25, 0.3) is 0 Å². The van der Waals surface area contributed by atoms with E-state index in [1.165, 1.54) is 28.7 Å². The lowest BCUT2D eigenvalue weighted by Crippen LogP contribution is -2.24. The lowest BCUT2D eigenvalue weighted by Gasteiger charge is -2.14. The number of anilines is 1. The Morgan fingerprint density at radius 1 is 1.37 bits per heavy atom. The minimum atomic E-state index is -0.323. The van der Waals surface area contributed by atoms with E-state index in [9.17, 15) is 10.1 Å². The van der Waals surface area contributed by atoms with Crippen LogP contribution in [0.25, 0.3) is 10.2 Å². The van der Waals surface area contributed by atoms with Crippen LogP contribution in [0.15, 0.2) is 35.4 Å². The zero-order valence-corrected chi connectivity index (χ0v) is 16.5. The predicted octanol–water partition coefficient (Wildman–Crippen LogP) is 4.56. The summed E-state index contributed by atoms with van der Waals surface area (Å²) in [6.07, 6.45) is 3.65. The molecule has 4 rings (SSSR count). The minimum absolute atomic E-state index is 0.104. The number of hydrogen-bond acceptors (Lipinski definition) is 6. The fourth-order valence-electron chi connectivity index (χ4n) is 3.19. The van der Waals surface area contributed by atoms with Crippen LogP contribution < -0.4 is 5.32 Å². The fourth-order valence-corrected chi connectivity index (χ4v) is 5.06. The molecule has 3 aromatic rings. The normalized spacial score (nSPS) is 13.9. The van der Waals surface area contributed by atoms with E-state index in [-0.39, 0.29) is 11.2 Å². The van der Waals surface area contributed by atoms with Gasteiger partial charge in [0.1, 0.15) is 11.1 Å². The van der Waals surface area contributed by atoms with Crippen molar-refractivity contribution >= 4 is 44.4 Å². The first-order valence-electron chi connectivity index (χ1n) is 8.94. The molecule has 1 aliphatic carbocycles. The van der Waals surface area contributed by atoms with Gasteiger partial charge in [-0.05, 0) is 49.4 Å². The summed E-state index contributed by atoms with van der Waals surface area (Å²) in [5.74, 6) is -0.104. The fraction of sp³-hybridized carbons (Fsp3) is 0.300. The highest BCUT2D eigenvalue weighted by Crippen LogP contribution is 2.32. The summed E-state index contributed by atoms with van der Waals surface area (Å²) in [5.41, 5.74) is 3.68. The lowest BCUT2D eigenvalue weighted by molar-refractivity contribution is -0.115. The number of fused-ring (bicyclic) bond motifs is 2. The van der Waals surface area contributed by atoms with Crippen LogP contribution in [-0.4, -0.2) is 21.1 Å². The van der Waals surface area contributed by atoms with E-state index in [0.29, 0.717) is 22.1 Å². The number of aryl methyl sites for hydroxylation is 2. The molecule has 0 radical (unpaired) electrons. The number of nitriles is 1. The van der Waals surface area contributed by atoms with E-state index in [2.05, 4.69) is 21.4 Å². The SMILES string of the molecule is CCC(Sc1nc2c(cc1C#N)CCC2)C(=O)Nc1nc2ccccc2s1. The maximum Gasteiger partial charge on any atom is 0.239 e. The number of amides is 1. The zero-order valence-electron chi connectivity index (χ0n) is 14.9. The minimum Gasteiger partial charge on any atom is -0.301 e. The van der Waals surface area contributed by atoms with Gasteiger partial charge in [-0.25, -0.2) is 9.97 Å². The van der Waals surface area contributed by atoms with Crippen molar-refractivity contribution < 1.29 is 4.79 Å². The second-order valence-corrected chi connectivity index (χ2v) is 8.63. The summed E-state index contributed by atoms with van der Waals surface area (Å²) in [7, 11) is 0. The van der Waals surface area contributed by atoms with Crippen LogP contribution in [0.2, 0.25) is 0 Å². The van der Waals surface area contributed by atoms with Gasteiger partial charge in [-0.1, -0.05) is 42.2 Å². The molecule has 0 bridgehead atoms. The van der Waals surface area contributed by atoms with E-state index in [1.807, 2.05) is 37.3 Å². The number of para-hydroxylation sites is 1. The molecule has 136 valence electrons. The Morgan fingerprint density at radius 3 is 3.00 bits per heavy atom. The number of benzene rings is 1. The average Bonchev–Trinajstić information content (AvgIpc) is 3.30. The van der Waals surface area contributed by atoms with Crippen LogP contribution in [-0.2, 0) is 17.6 Å². The van der Waals surface area contributed by atoms with Gasteiger partial charge in [0.05, 0.1) is 21.0 Å². The van der Waals surface area contributed by atoms with Crippen molar-refractivity contribution in [3.63, 3.8) is 0 Å². The predicted molar refractivity (Wildman–Crippen MR) is 109 cm³/mol. The van der Waals surface area contributed by atoms with Crippen LogP contribution in [0.4, 0.5) is 5.13 Å². The number of nitrogens with zero attached hydrogens (tertiary/aromatic N) is 3. The third-order valence-electron chi connectivity index (χ3n) is 4.58.